The molecule has 6 heteroatoms. The van der Waals surface area contributed by atoms with E-state index < -0.39 is 8.80 Å². The van der Waals surface area contributed by atoms with Gasteiger partial charge in [0.15, 0.2) is 11.4 Å². The molecule has 5 nitrogen and oxygen atoms in total. The number of aryl methyl sites for hydroxylation is 3. The monoisotopic (exact) mass is 513 g/mol. The number of aromatic nitrogens is 3. The van der Waals surface area contributed by atoms with E-state index in [1.54, 1.807) is 0 Å². The van der Waals surface area contributed by atoms with Crippen molar-refractivity contribution >= 4 is 25.7 Å². The van der Waals surface area contributed by atoms with E-state index >= 15 is 0 Å². The van der Waals surface area contributed by atoms with Crippen molar-refractivity contribution in [3.05, 3.63) is 93.9 Å². The van der Waals surface area contributed by atoms with Crippen molar-refractivity contribution in [1.82, 2.24) is 14.5 Å². The number of ether oxygens (including phenoxy) is 1. The zero-order valence-electron chi connectivity index (χ0n) is 23.3. The molecule has 4 aromatic rings. The van der Waals surface area contributed by atoms with Crippen LogP contribution in [-0.4, -0.2) is 35.7 Å². The highest BCUT2D eigenvalue weighted by atomic mass is 28.3. The minimum atomic E-state index is -0.786. The molecule has 0 saturated carbocycles. The molecule has 0 aliphatic heterocycles. The van der Waals surface area contributed by atoms with Crippen molar-refractivity contribution in [2.75, 3.05) is 6.61 Å². The molecule has 2 heterocycles. The fourth-order valence-corrected chi connectivity index (χ4v) is 4.85. The SMILES string of the molecule is CCc1nc2c(C)cc(C)nc2n1Cc1cccc(C(=O)c2ccc(COCC(C)(C)[SiH](C)C)cc2)c1. The van der Waals surface area contributed by atoms with Crippen molar-refractivity contribution in [1.29, 1.82) is 0 Å². The summed E-state index contributed by atoms with van der Waals surface area (Å²) in [5.41, 5.74) is 7.50. The average molecular weight is 514 g/mol. The molecule has 0 radical (unpaired) electrons. The maximum atomic E-state index is 13.3. The van der Waals surface area contributed by atoms with Crippen LogP contribution in [0.1, 0.15) is 64.9 Å². The van der Waals surface area contributed by atoms with Crippen LogP contribution in [0.2, 0.25) is 18.1 Å². The summed E-state index contributed by atoms with van der Waals surface area (Å²) < 4.78 is 8.18. The Hall–Kier alpha value is -3.09. The smallest absolute Gasteiger partial charge is 0.193 e. The third-order valence-corrected chi connectivity index (χ3v) is 10.8. The summed E-state index contributed by atoms with van der Waals surface area (Å²) in [6.07, 6.45) is 0.820. The Balaban J connectivity index is 1.49. The Morgan fingerprint density at radius 1 is 0.973 bits per heavy atom. The van der Waals surface area contributed by atoms with Gasteiger partial charge >= 0.3 is 0 Å². The average Bonchev–Trinajstić information content (AvgIpc) is 3.21. The van der Waals surface area contributed by atoms with Crippen LogP contribution in [0.15, 0.2) is 54.6 Å². The van der Waals surface area contributed by atoms with Gasteiger partial charge in [-0.3, -0.25) is 4.79 Å². The van der Waals surface area contributed by atoms with Crippen molar-refractivity contribution in [2.24, 2.45) is 0 Å². The number of hydrogen-bond acceptors (Lipinski definition) is 4. The predicted molar refractivity (Wildman–Crippen MR) is 154 cm³/mol. The van der Waals surface area contributed by atoms with E-state index in [9.17, 15) is 4.79 Å². The highest BCUT2D eigenvalue weighted by molar-refractivity contribution is 6.59. The van der Waals surface area contributed by atoms with Crippen LogP contribution in [0.3, 0.4) is 0 Å². The minimum Gasteiger partial charge on any atom is -0.377 e. The number of hydrogen-bond donors (Lipinski definition) is 0. The Labute approximate surface area is 222 Å². The second-order valence-electron chi connectivity index (χ2n) is 11.1. The Kier molecular flexibility index (Phi) is 8.10. The molecule has 2 aromatic carbocycles. The molecule has 4 rings (SSSR count). The number of carbonyl (C=O) groups excluding carboxylic acids is 1. The van der Waals surface area contributed by atoms with Crippen molar-refractivity contribution < 1.29 is 9.53 Å². The first kappa shape index (κ1) is 27.0. The van der Waals surface area contributed by atoms with E-state index in [1.165, 1.54) is 0 Å². The number of carbonyl (C=O) groups is 1. The summed E-state index contributed by atoms with van der Waals surface area (Å²) in [4.78, 5) is 22.9. The van der Waals surface area contributed by atoms with Crippen LogP contribution in [0.25, 0.3) is 11.2 Å². The maximum Gasteiger partial charge on any atom is 0.193 e. The third kappa shape index (κ3) is 6.08. The van der Waals surface area contributed by atoms with Crippen molar-refractivity contribution in [2.45, 2.75) is 72.3 Å². The molecular formula is C31H39N3O2Si. The molecule has 194 valence electrons. The summed E-state index contributed by atoms with van der Waals surface area (Å²) in [6.45, 7) is 17.5. The molecule has 0 spiro atoms. The number of imidazole rings is 1. The second-order valence-corrected chi connectivity index (χ2v) is 15.0. The van der Waals surface area contributed by atoms with Crippen LogP contribution in [-0.2, 0) is 24.3 Å². The van der Waals surface area contributed by atoms with Crippen LogP contribution in [0, 0.1) is 13.8 Å². The van der Waals surface area contributed by atoms with E-state index in [0.717, 1.165) is 52.4 Å². The van der Waals surface area contributed by atoms with Gasteiger partial charge in [0, 0.05) is 38.6 Å². The van der Waals surface area contributed by atoms with E-state index in [-0.39, 0.29) is 10.8 Å². The maximum absolute atomic E-state index is 13.3. The molecular weight excluding hydrogens is 474 g/mol. The summed E-state index contributed by atoms with van der Waals surface area (Å²) in [5.74, 6) is 1.03. The topological polar surface area (TPSA) is 57.0 Å². The van der Waals surface area contributed by atoms with Crippen LogP contribution in [0.5, 0.6) is 0 Å². The van der Waals surface area contributed by atoms with Gasteiger partial charge in [0.25, 0.3) is 0 Å². The number of benzene rings is 2. The highest BCUT2D eigenvalue weighted by Crippen LogP contribution is 2.28. The van der Waals surface area contributed by atoms with Crippen molar-refractivity contribution in [3.63, 3.8) is 0 Å². The lowest BCUT2D eigenvalue weighted by atomic mass is 10.0. The van der Waals surface area contributed by atoms with Crippen LogP contribution in [0.4, 0.5) is 0 Å². The minimum absolute atomic E-state index is 0.0253. The molecule has 0 unspecified atom stereocenters. The quantitative estimate of drug-likeness (QED) is 0.175. The van der Waals surface area contributed by atoms with Gasteiger partial charge in [-0.2, -0.15) is 0 Å². The van der Waals surface area contributed by atoms with E-state index in [1.807, 2.05) is 49.4 Å². The van der Waals surface area contributed by atoms with Gasteiger partial charge in [0.1, 0.15) is 11.3 Å². The molecule has 0 bridgehead atoms. The molecule has 0 atom stereocenters. The number of fused-ring (bicyclic) bond motifs is 1. The summed E-state index contributed by atoms with van der Waals surface area (Å²) in [6, 6.07) is 17.8. The first-order valence-electron chi connectivity index (χ1n) is 13.2. The summed E-state index contributed by atoms with van der Waals surface area (Å²) in [7, 11) is -0.786. The molecule has 0 amide bonds. The summed E-state index contributed by atoms with van der Waals surface area (Å²) in [5, 5.41) is 0.273. The van der Waals surface area contributed by atoms with E-state index in [0.29, 0.717) is 24.3 Å². The van der Waals surface area contributed by atoms with Gasteiger partial charge in [-0.15, -0.1) is 0 Å². The Morgan fingerprint density at radius 3 is 2.38 bits per heavy atom. The molecule has 2 aromatic heterocycles. The largest absolute Gasteiger partial charge is 0.377 e. The molecule has 0 fully saturated rings. The normalized spacial score (nSPS) is 12.0. The van der Waals surface area contributed by atoms with Crippen LogP contribution >= 0.6 is 0 Å². The molecule has 37 heavy (non-hydrogen) atoms. The van der Waals surface area contributed by atoms with Gasteiger partial charge in [0.2, 0.25) is 0 Å². The van der Waals surface area contributed by atoms with Gasteiger partial charge < -0.3 is 9.30 Å². The Bertz CT molecular complexity index is 1400. The lowest BCUT2D eigenvalue weighted by Gasteiger charge is -2.27. The van der Waals surface area contributed by atoms with E-state index in [4.69, 9.17) is 14.7 Å². The number of rotatable bonds is 10. The van der Waals surface area contributed by atoms with Gasteiger partial charge in [-0.05, 0) is 47.7 Å². The van der Waals surface area contributed by atoms with Gasteiger partial charge in [-0.1, -0.05) is 76.3 Å². The molecule has 0 saturated heterocycles. The van der Waals surface area contributed by atoms with Crippen molar-refractivity contribution in [3.8, 4) is 0 Å². The number of ketones is 1. The lowest BCUT2D eigenvalue weighted by Crippen LogP contribution is -2.26. The zero-order valence-corrected chi connectivity index (χ0v) is 24.4. The molecule has 0 aliphatic rings. The third-order valence-electron chi connectivity index (χ3n) is 7.47. The zero-order chi connectivity index (χ0) is 26.7. The number of pyridine rings is 1. The lowest BCUT2D eigenvalue weighted by molar-refractivity contribution is 0.100. The number of nitrogens with zero attached hydrogens (tertiary/aromatic N) is 3. The fraction of sp³-hybridized carbons (Fsp3) is 0.387. The Morgan fingerprint density at radius 2 is 1.70 bits per heavy atom. The second kappa shape index (κ2) is 11.1. The standard InChI is InChI=1S/C31H39N3O2Si/c1-8-27-33-28-21(2)16-22(3)32-30(28)34(27)18-24-10-9-11-26(17-24)29(35)25-14-12-23(13-15-25)19-36-20-31(4,5)37(6)7/h9-17,37H,8,18-20H2,1-7H3. The van der Waals surface area contributed by atoms with Gasteiger partial charge in [-0.25, -0.2) is 9.97 Å². The van der Waals surface area contributed by atoms with Crippen LogP contribution < -0.4 is 0 Å². The predicted octanol–water partition coefficient (Wildman–Crippen LogP) is 6.67. The fourth-order valence-electron chi connectivity index (χ4n) is 4.40. The van der Waals surface area contributed by atoms with E-state index in [2.05, 4.69) is 57.5 Å². The highest BCUT2D eigenvalue weighted by Gasteiger charge is 2.23. The molecule has 0 N–H and O–H groups in total. The first-order valence-corrected chi connectivity index (χ1v) is 16.1. The first-order chi connectivity index (χ1) is 17.6. The molecule has 0 aliphatic carbocycles. The summed E-state index contributed by atoms with van der Waals surface area (Å²) >= 11 is 0. The van der Waals surface area contributed by atoms with Gasteiger partial charge in [0.05, 0.1) is 13.2 Å².